The van der Waals surface area contributed by atoms with Crippen LogP contribution >= 0.6 is 0 Å². The number of carbonyl (C=O) groups is 2. The van der Waals surface area contributed by atoms with Crippen molar-refractivity contribution in [1.29, 1.82) is 0 Å². The summed E-state index contributed by atoms with van der Waals surface area (Å²) in [5.74, 6) is 0.832. The molecule has 7 nitrogen and oxygen atoms in total. The predicted molar refractivity (Wildman–Crippen MR) is 139 cm³/mol. The Labute approximate surface area is 208 Å². The van der Waals surface area contributed by atoms with E-state index in [1.165, 1.54) is 0 Å². The number of nitrogens with one attached hydrogen (secondary N) is 1. The fraction of sp³-hybridized carbons (Fsp3) is 0.393. The minimum atomic E-state index is -0.285. The Morgan fingerprint density at radius 3 is 2.20 bits per heavy atom. The summed E-state index contributed by atoms with van der Waals surface area (Å²) in [6.45, 7) is 12.0. The third kappa shape index (κ3) is 6.29. The van der Waals surface area contributed by atoms with E-state index in [1.807, 2.05) is 68.4 Å². The molecule has 1 N–H and O–H groups in total. The van der Waals surface area contributed by atoms with Crippen LogP contribution in [0.1, 0.15) is 63.2 Å². The molecule has 1 aromatic heterocycles. The average molecular weight is 477 g/mol. The van der Waals surface area contributed by atoms with E-state index in [1.54, 1.807) is 16.7 Å². The molecule has 0 aliphatic heterocycles. The molecule has 0 aliphatic rings. The van der Waals surface area contributed by atoms with Crippen LogP contribution in [0.5, 0.6) is 5.75 Å². The van der Waals surface area contributed by atoms with Crippen LogP contribution in [0.2, 0.25) is 0 Å². The fourth-order valence-corrected chi connectivity index (χ4v) is 3.63. The normalized spacial score (nSPS) is 11.4. The van der Waals surface area contributed by atoms with Gasteiger partial charge in [0.2, 0.25) is 5.91 Å². The molecule has 3 aromatic rings. The molecule has 0 unspecified atom stereocenters. The first kappa shape index (κ1) is 26.0. The third-order valence-corrected chi connectivity index (χ3v) is 5.87. The summed E-state index contributed by atoms with van der Waals surface area (Å²) in [5, 5.41) is 7.73. The summed E-state index contributed by atoms with van der Waals surface area (Å²) >= 11 is 0. The van der Waals surface area contributed by atoms with Crippen molar-refractivity contribution in [2.24, 2.45) is 0 Å². The highest BCUT2D eigenvalue weighted by atomic mass is 16.5. The number of carbonyl (C=O) groups excluding carboxylic acids is 2. The summed E-state index contributed by atoms with van der Waals surface area (Å²) in [5.41, 5.74) is 3.17. The Morgan fingerprint density at radius 2 is 1.69 bits per heavy atom. The van der Waals surface area contributed by atoms with Crippen molar-refractivity contribution in [3.05, 3.63) is 71.4 Å². The van der Waals surface area contributed by atoms with Gasteiger partial charge >= 0.3 is 0 Å². The van der Waals surface area contributed by atoms with Crippen molar-refractivity contribution in [1.82, 2.24) is 14.7 Å². The van der Waals surface area contributed by atoms with E-state index in [0.717, 1.165) is 29.1 Å². The number of aryl methyl sites for hydroxylation is 1. The van der Waals surface area contributed by atoms with Gasteiger partial charge in [0.15, 0.2) is 0 Å². The van der Waals surface area contributed by atoms with Gasteiger partial charge in [-0.2, -0.15) is 5.10 Å². The largest absolute Gasteiger partial charge is 0.497 e. The summed E-state index contributed by atoms with van der Waals surface area (Å²) in [6.07, 6.45) is 0.906. The highest BCUT2D eigenvalue weighted by molar-refractivity contribution is 5.99. The molecule has 1 heterocycles. The molecule has 186 valence electrons. The molecule has 0 radical (unpaired) electrons. The third-order valence-electron chi connectivity index (χ3n) is 5.87. The van der Waals surface area contributed by atoms with E-state index >= 15 is 0 Å². The van der Waals surface area contributed by atoms with Crippen LogP contribution in [0.25, 0.3) is 5.69 Å². The Hall–Kier alpha value is -3.61. The second kappa shape index (κ2) is 10.8. The Kier molecular flexibility index (Phi) is 7.99. The zero-order chi connectivity index (χ0) is 25.8. The summed E-state index contributed by atoms with van der Waals surface area (Å²) in [6, 6.07) is 16.8. The van der Waals surface area contributed by atoms with E-state index in [2.05, 4.69) is 33.0 Å². The van der Waals surface area contributed by atoms with Crippen molar-refractivity contribution in [3.63, 3.8) is 0 Å². The molecule has 0 spiro atoms. The highest BCUT2D eigenvalue weighted by Gasteiger charge is 2.25. The molecular formula is C28H36N4O3. The van der Waals surface area contributed by atoms with Gasteiger partial charge in [-0.15, -0.1) is 0 Å². The number of methoxy groups -OCH3 is 1. The quantitative estimate of drug-likeness (QED) is 0.483. The monoisotopic (exact) mass is 476 g/mol. The summed E-state index contributed by atoms with van der Waals surface area (Å²) in [4.78, 5) is 27.9. The van der Waals surface area contributed by atoms with E-state index in [9.17, 15) is 9.59 Å². The number of anilines is 1. The molecule has 0 bridgehead atoms. The topological polar surface area (TPSA) is 76.5 Å². The van der Waals surface area contributed by atoms with E-state index in [0.29, 0.717) is 11.4 Å². The lowest BCUT2D eigenvalue weighted by atomic mass is 9.92. The maximum Gasteiger partial charge on any atom is 0.254 e. The van der Waals surface area contributed by atoms with E-state index in [4.69, 9.17) is 9.84 Å². The molecule has 0 saturated heterocycles. The predicted octanol–water partition coefficient (Wildman–Crippen LogP) is 5.23. The zero-order valence-corrected chi connectivity index (χ0v) is 21.8. The first-order valence-electron chi connectivity index (χ1n) is 12.0. The molecular weight excluding hydrogens is 440 g/mol. The van der Waals surface area contributed by atoms with Crippen LogP contribution in [0.15, 0.2) is 54.6 Å². The Morgan fingerprint density at radius 1 is 1.06 bits per heavy atom. The minimum absolute atomic E-state index is 0.0648. The van der Waals surface area contributed by atoms with E-state index in [-0.39, 0.29) is 29.8 Å². The smallest absolute Gasteiger partial charge is 0.254 e. The summed E-state index contributed by atoms with van der Waals surface area (Å²) in [7, 11) is 1.62. The maximum atomic E-state index is 13.2. The van der Waals surface area contributed by atoms with Crippen LogP contribution in [-0.2, 0) is 16.6 Å². The van der Waals surface area contributed by atoms with Crippen LogP contribution in [0, 0.1) is 0 Å². The molecule has 35 heavy (non-hydrogen) atoms. The fourth-order valence-electron chi connectivity index (χ4n) is 3.63. The number of hydrogen-bond acceptors (Lipinski definition) is 4. The second-order valence-corrected chi connectivity index (χ2v) is 9.90. The maximum absolute atomic E-state index is 13.2. The molecule has 3 rings (SSSR count). The number of amides is 2. The van der Waals surface area contributed by atoms with Crippen molar-refractivity contribution in [2.45, 2.75) is 59.4 Å². The molecule has 0 aliphatic carbocycles. The number of hydrogen-bond donors (Lipinski definition) is 1. The zero-order valence-electron chi connectivity index (χ0n) is 21.8. The molecule has 0 fully saturated rings. The van der Waals surface area contributed by atoms with Gasteiger partial charge in [-0.05, 0) is 62.2 Å². The average Bonchev–Trinajstić information content (AvgIpc) is 3.26. The van der Waals surface area contributed by atoms with Gasteiger partial charge in [-0.1, -0.05) is 39.8 Å². The second-order valence-electron chi connectivity index (χ2n) is 9.90. The lowest BCUT2D eigenvalue weighted by Crippen LogP contribution is -2.42. The molecule has 0 saturated carbocycles. The number of nitrogens with zero attached hydrogens (tertiary/aromatic N) is 3. The lowest BCUT2D eigenvalue weighted by Gasteiger charge is -2.26. The van der Waals surface area contributed by atoms with Crippen LogP contribution in [-0.4, -0.2) is 46.2 Å². The van der Waals surface area contributed by atoms with E-state index < -0.39 is 0 Å². The number of aromatic nitrogens is 2. The molecule has 2 amide bonds. The van der Waals surface area contributed by atoms with Gasteiger partial charge in [-0.3, -0.25) is 9.59 Å². The standard InChI is InChI=1S/C28H36N4O3/c1-8-20-9-11-21(12-10-20)27(34)31(19(2)3)18-26(33)29-25-17-24(28(4,5)6)30-32(25)22-13-15-23(35-7)16-14-22/h9-17,19H,8,18H2,1-7H3,(H,29,33). The first-order chi connectivity index (χ1) is 16.5. The van der Waals surface area contributed by atoms with Crippen LogP contribution in [0.3, 0.4) is 0 Å². The van der Waals surface area contributed by atoms with Gasteiger partial charge < -0.3 is 15.0 Å². The SMILES string of the molecule is CCc1ccc(C(=O)N(CC(=O)Nc2cc(C(C)(C)C)nn2-c2ccc(OC)cc2)C(C)C)cc1. The van der Waals surface area contributed by atoms with Gasteiger partial charge in [0.05, 0.1) is 18.5 Å². The Bertz CT molecular complexity index is 1160. The lowest BCUT2D eigenvalue weighted by molar-refractivity contribution is -0.117. The van der Waals surface area contributed by atoms with Gasteiger partial charge in [0, 0.05) is 23.1 Å². The Balaban J connectivity index is 1.85. The van der Waals surface area contributed by atoms with Crippen molar-refractivity contribution in [2.75, 3.05) is 19.0 Å². The first-order valence-corrected chi connectivity index (χ1v) is 12.0. The molecule has 7 heteroatoms. The van der Waals surface area contributed by atoms with Gasteiger partial charge in [-0.25, -0.2) is 4.68 Å². The van der Waals surface area contributed by atoms with Gasteiger partial charge in [0.1, 0.15) is 18.1 Å². The highest BCUT2D eigenvalue weighted by Crippen LogP contribution is 2.27. The van der Waals surface area contributed by atoms with Crippen molar-refractivity contribution >= 4 is 17.6 Å². The van der Waals surface area contributed by atoms with Crippen molar-refractivity contribution < 1.29 is 14.3 Å². The van der Waals surface area contributed by atoms with Crippen LogP contribution in [0.4, 0.5) is 5.82 Å². The van der Waals surface area contributed by atoms with Gasteiger partial charge in [0.25, 0.3) is 5.91 Å². The summed E-state index contributed by atoms with van der Waals surface area (Å²) < 4.78 is 6.97. The molecule has 0 atom stereocenters. The van der Waals surface area contributed by atoms with Crippen molar-refractivity contribution in [3.8, 4) is 11.4 Å². The van der Waals surface area contributed by atoms with Crippen LogP contribution < -0.4 is 10.1 Å². The number of rotatable bonds is 8. The number of ether oxygens (including phenoxy) is 1. The minimum Gasteiger partial charge on any atom is -0.497 e. The molecule has 2 aromatic carbocycles. The number of benzene rings is 2.